The molecule has 0 N–H and O–H groups in total. The maximum Gasteiger partial charge on any atom is 0.258 e. The predicted octanol–water partition coefficient (Wildman–Crippen LogP) is 2.86. The Kier molecular flexibility index (Phi) is 2.65. The van der Waals surface area contributed by atoms with Crippen molar-refractivity contribution in [1.29, 1.82) is 0 Å². The topological polar surface area (TPSA) is 22.0 Å². The SMILES string of the molecule is CCc1cn(C)c(=O)c2cccc(Br)c12. The minimum absolute atomic E-state index is 0.0588. The van der Waals surface area contributed by atoms with E-state index in [1.165, 1.54) is 5.56 Å². The van der Waals surface area contributed by atoms with Gasteiger partial charge in [0.25, 0.3) is 5.56 Å². The van der Waals surface area contributed by atoms with Crippen LogP contribution < -0.4 is 5.56 Å². The standard InChI is InChI=1S/C12H12BrNO/c1-3-8-7-14(2)12(15)9-5-4-6-10(13)11(8)9/h4-7H,3H2,1-2H3. The zero-order chi connectivity index (χ0) is 11.0. The Morgan fingerprint density at radius 2 is 2.13 bits per heavy atom. The maximum absolute atomic E-state index is 11.9. The Balaban J connectivity index is 3.03. The third-order valence-electron chi connectivity index (χ3n) is 2.62. The van der Waals surface area contributed by atoms with Gasteiger partial charge in [-0.2, -0.15) is 0 Å². The summed E-state index contributed by atoms with van der Waals surface area (Å²) < 4.78 is 2.64. The molecule has 0 spiro atoms. The summed E-state index contributed by atoms with van der Waals surface area (Å²) in [6.45, 7) is 2.10. The molecule has 0 amide bonds. The monoisotopic (exact) mass is 265 g/mol. The number of aryl methyl sites for hydroxylation is 2. The van der Waals surface area contributed by atoms with Crippen molar-refractivity contribution in [2.45, 2.75) is 13.3 Å². The third kappa shape index (κ3) is 1.61. The van der Waals surface area contributed by atoms with Crippen molar-refractivity contribution < 1.29 is 0 Å². The molecule has 78 valence electrons. The van der Waals surface area contributed by atoms with Gasteiger partial charge in [-0.3, -0.25) is 4.79 Å². The van der Waals surface area contributed by atoms with Crippen LogP contribution in [0.2, 0.25) is 0 Å². The van der Waals surface area contributed by atoms with Gasteiger partial charge in [0, 0.05) is 28.5 Å². The lowest BCUT2D eigenvalue weighted by Crippen LogP contribution is -2.17. The largest absolute Gasteiger partial charge is 0.318 e. The van der Waals surface area contributed by atoms with Crippen molar-refractivity contribution in [3.63, 3.8) is 0 Å². The summed E-state index contributed by atoms with van der Waals surface area (Å²) in [7, 11) is 1.79. The van der Waals surface area contributed by atoms with Crippen LogP contribution in [0.15, 0.2) is 33.7 Å². The molecular formula is C12H12BrNO. The summed E-state index contributed by atoms with van der Waals surface area (Å²) in [6.07, 6.45) is 2.84. The van der Waals surface area contributed by atoms with Gasteiger partial charge >= 0.3 is 0 Å². The van der Waals surface area contributed by atoms with E-state index in [-0.39, 0.29) is 5.56 Å². The fourth-order valence-electron chi connectivity index (χ4n) is 1.84. The molecule has 1 heterocycles. The van der Waals surface area contributed by atoms with Crippen molar-refractivity contribution in [3.8, 4) is 0 Å². The molecule has 3 heteroatoms. The third-order valence-corrected chi connectivity index (χ3v) is 3.28. The molecule has 0 saturated heterocycles. The second-order valence-corrected chi connectivity index (χ2v) is 4.44. The second kappa shape index (κ2) is 3.81. The quantitative estimate of drug-likeness (QED) is 0.777. The number of hydrogen-bond acceptors (Lipinski definition) is 1. The number of hydrogen-bond donors (Lipinski definition) is 0. The van der Waals surface area contributed by atoms with Crippen LogP contribution in [0, 0.1) is 0 Å². The molecule has 0 atom stereocenters. The molecule has 2 nitrogen and oxygen atoms in total. The molecule has 0 unspecified atom stereocenters. The molecule has 2 aromatic rings. The van der Waals surface area contributed by atoms with E-state index < -0.39 is 0 Å². The van der Waals surface area contributed by atoms with Crippen LogP contribution in [0.25, 0.3) is 10.8 Å². The van der Waals surface area contributed by atoms with Crippen LogP contribution in [0.1, 0.15) is 12.5 Å². The molecule has 15 heavy (non-hydrogen) atoms. The second-order valence-electron chi connectivity index (χ2n) is 3.59. The summed E-state index contributed by atoms with van der Waals surface area (Å²) in [5, 5.41) is 1.83. The zero-order valence-corrected chi connectivity index (χ0v) is 10.3. The van der Waals surface area contributed by atoms with Gasteiger partial charge in [0.2, 0.25) is 0 Å². The van der Waals surface area contributed by atoms with E-state index in [4.69, 9.17) is 0 Å². The van der Waals surface area contributed by atoms with Crippen LogP contribution >= 0.6 is 15.9 Å². The number of nitrogens with zero attached hydrogens (tertiary/aromatic N) is 1. The Labute approximate surface area is 96.7 Å². The minimum atomic E-state index is 0.0588. The van der Waals surface area contributed by atoms with Crippen LogP contribution in [0.4, 0.5) is 0 Å². The van der Waals surface area contributed by atoms with E-state index in [0.29, 0.717) is 0 Å². The summed E-state index contributed by atoms with van der Waals surface area (Å²) in [5.74, 6) is 0. The van der Waals surface area contributed by atoms with E-state index in [1.54, 1.807) is 11.6 Å². The average Bonchev–Trinajstić information content (AvgIpc) is 2.23. The Bertz CT molecular complexity index is 572. The van der Waals surface area contributed by atoms with Crippen LogP contribution in [0.3, 0.4) is 0 Å². The lowest BCUT2D eigenvalue weighted by molar-refractivity contribution is 0.857. The summed E-state index contributed by atoms with van der Waals surface area (Å²) in [6, 6.07) is 5.75. The smallest absolute Gasteiger partial charge is 0.258 e. The van der Waals surface area contributed by atoms with Gasteiger partial charge in [-0.05, 0) is 24.1 Å². The highest BCUT2D eigenvalue weighted by atomic mass is 79.9. The Morgan fingerprint density at radius 1 is 1.40 bits per heavy atom. The molecular weight excluding hydrogens is 254 g/mol. The van der Waals surface area contributed by atoms with Crippen LogP contribution in [0.5, 0.6) is 0 Å². The molecule has 0 fully saturated rings. The van der Waals surface area contributed by atoms with Gasteiger partial charge in [-0.25, -0.2) is 0 Å². The van der Waals surface area contributed by atoms with E-state index >= 15 is 0 Å². The number of halogens is 1. The Morgan fingerprint density at radius 3 is 2.80 bits per heavy atom. The summed E-state index contributed by atoms with van der Waals surface area (Å²) in [5.41, 5.74) is 1.25. The van der Waals surface area contributed by atoms with Crippen molar-refractivity contribution in [1.82, 2.24) is 4.57 Å². The lowest BCUT2D eigenvalue weighted by Gasteiger charge is -2.08. The number of benzene rings is 1. The van der Waals surface area contributed by atoms with E-state index in [0.717, 1.165) is 21.7 Å². The van der Waals surface area contributed by atoms with Crippen molar-refractivity contribution >= 4 is 26.7 Å². The molecule has 1 aromatic carbocycles. The molecule has 0 bridgehead atoms. The van der Waals surface area contributed by atoms with Gasteiger partial charge in [-0.15, -0.1) is 0 Å². The highest BCUT2D eigenvalue weighted by Gasteiger charge is 2.07. The highest BCUT2D eigenvalue weighted by Crippen LogP contribution is 2.25. The number of fused-ring (bicyclic) bond motifs is 1. The average molecular weight is 266 g/mol. The van der Waals surface area contributed by atoms with Crippen LogP contribution in [-0.2, 0) is 13.5 Å². The number of pyridine rings is 1. The zero-order valence-electron chi connectivity index (χ0n) is 8.75. The minimum Gasteiger partial charge on any atom is -0.318 e. The molecule has 0 radical (unpaired) electrons. The first kappa shape index (κ1) is 10.4. The van der Waals surface area contributed by atoms with Gasteiger partial charge in [0.1, 0.15) is 0 Å². The molecule has 0 aliphatic heterocycles. The predicted molar refractivity (Wildman–Crippen MR) is 66.3 cm³/mol. The molecule has 2 rings (SSSR count). The Hall–Kier alpha value is -1.09. The van der Waals surface area contributed by atoms with Crippen LogP contribution in [-0.4, -0.2) is 4.57 Å². The van der Waals surface area contributed by atoms with E-state index in [2.05, 4.69) is 22.9 Å². The lowest BCUT2D eigenvalue weighted by atomic mass is 10.1. The normalized spacial score (nSPS) is 10.9. The summed E-state index contributed by atoms with van der Waals surface area (Å²) in [4.78, 5) is 11.9. The highest BCUT2D eigenvalue weighted by molar-refractivity contribution is 9.10. The first-order valence-electron chi connectivity index (χ1n) is 4.92. The number of aromatic nitrogens is 1. The van der Waals surface area contributed by atoms with E-state index in [1.807, 2.05) is 24.4 Å². The van der Waals surface area contributed by atoms with Gasteiger partial charge in [0.15, 0.2) is 0 Å². The first-order valence-corrected chi connectivity index (χ1v) is 5.71. The summed E-state index contributed by atoms with van der Waals surface area (Å²) >= 11 is 3.50. The van der Waals surface area contributed by atoms with Gasteiger partial charge in [0.05, 0.1) is 0 Å². The van der Waals surface area contributed by atoms with Gasteiger partial charge < -0.3 is 4.57 Å². The van der Waals surface area contributed by atoms with Crippen molar-refractivity contribution in [2.75, 3.05) is 0 Å². The maximum atomic E-state index is 11.9. The molecule has 0 saturated carbocycles. The van der Waals surface area contributed by atoms with Crippen molar-refractivity contribution in [2.24, 2.45) is 7.05 Å². The first-order chi connectivity index (χ1) is 7.15. The fourth-order valence-corrected chi connectivity index (χ4v) is 2.46. The molecule has 0 aliphatic carbocycles. The molecule has 1 aromatic heterocycles. The molecule has 0 aliphatic rings. The fraction of sp³-hybridized carbons (Fsp3) is 0.250. The van der Waals surface area contributed by atoms with E-state index in [9.17, 15) is 4.79 Å². The van der Waals surface area contributed by atoms with Crippen molar-refractivity contribution in [3.05, 3.63) is 44.8 Å². The van der Waals surface area contributed by atoms with Gasteiger partial charge in [-0.1, -0.05) is 28.9 Å². The number of rotatable bonds is 1.